The summed E-state index contributed by atoms with van der Waals surface area (Å²) in [6.07, 6.45) is 9.09. The van der Waals surface area contributed by atoms with Crippen LogP contribution in [0.2, 0.25) is 0 Å². The average molecular weight is 542 g/mol. The molecule has 0 spiro atoms. The monoisotopic (exact) mass is 541 g/mol. The fraction of sp³-hybridized carbons (Fsp3) is 0.882. The largest absolute Gasteiger partial charge is 0.462 e. The molecule has 3 N–H and O–H groups in total. The van der Waals surface area contributed by atoms with Crippen molar-refractivity contribution >= 4 is 11.8 Å². The molecule has 0 bridgehead atoms. The molecule has 0 amide bonds. The first kappa shape index (κ1) is 29.3. The molecule has 1 unspecified atom stereocenters. The summed E-state index contributed by atoms with van der Waals surface area (Å²) in [6.45, 7) is 18.7. The van der Waals surface area contributed by atoms with Gasteiger partial charge in [0.25, 0.3) is 0 Å². The number of aliphatic hydroxyl groups is 1. The number of nitrogens with two attached hydrogens (primary N) is 1. The fourth-order valence-electron chi connectivity index (χ4n) is 11.9. The molecule has 5 aliphatic carbocycles. The van der Waals surface area contributed by atoms with Gasteiger partial charge in [0.05, 0.1) is 6.10 Å². The third kappa shape index (κ3) is 3.84. The number of hydrogen-bond acceptors (Lipinski definition) is 5. The molecule has 0 aromatic heterocycles. The molecule has 0 heterocycles. The van der Waals surface area contributed by atoms with Gasteiger partial charge in [0.15, 0.2) is 5.78 Å². The maximum atomic E-state index is 13.6. The first-order valence-electron chi connectivity index (χ1n) is 15.9. The lowest BCUT2D eigenvalue weighted by molar-refractivity contribution is -0.234. The van der Waals surface area contributed by atoms with E-state index in [9.17, 15) is 14.7 Å². The minimum Gasteiger partial charge on any atom is -0.462 e. The van der Waals surface area contributed by atoms with Gasteiger partial charge in [-0.2, -0.15) is 0 Å². The molecule has 0 aromatic rings. The van der Waals surface area contributed by atoms with Crippen LogP contribution in [-0.4, -0.2) is 35.6 Å². The SMILES string of the molecule is CC(=O)O[C@H]1CC[C@]2(C)[C@H]3CC[C@@H]4C5=C(C(C)C)C(=O)C[C@]5(C(O)CCN)CC[C@@]4(C)[C@]3(C)CC[C@H]2C1(C)C. The topological polar surface area (TPSA) is 89.6 Å². The highest BCUT2D eigenvalue weighted by atomic mass is 16.5. The minimum atomic E-state index is -0.543. The molecule has 4 fully saturated rings. The van der Waals surface area contributed by atoms with Crippen molar-refractivity contribution in [3.63, 3.8) is 0 Å². The Balaban J connectivity index is 1.56. The second kappa shape index (κ2) is 9.41. The first-order valence-corrected chi connectivity index (χ1v) is 15.9. The quantitative estimate of drug-likeness (QED) is 0.382. The van der Waals surface area contributed by atoms with E-state index in [1.165, 1.54) is 18.4 Å². The van der Waals surface area contributed by atoms with Crippen LogP contribution >= 0.6 is 0 Å². The van der Waals surface area contributed by atoms with Crippen molar-refractivity contribution < 1.29 is 19.4 Å². The van der Waals surface area contributed by atoms with E-state index in [4.69, 9.17) is 10.5 Å². The number of Topliss-reactive ketones (excluding diaryl/α,β-unsaturated/α-hetero) is 1. The van der Waals surface area contributed by atoms with E-state index in [1.807, 2.05) is 0 Å². The molecular formula is C34H55NO4. The Kier molecular flexibility index (Phi) is 7.07. The lowest BCUT2D eigenvalue weighted by atomic mass is 9.33. The molecule has 9 atom stereocenters. The Labute approximate surface area is 237 Å². The van der Waals surface area contributed by atoms with Crippen molar-refractivity contribution in [1.29, 1.82) is 0 Å². The summed E-state index contributed by atoms with van der Waals surface area (Å²) >= 11 is 0. The van der Waals surface area contributed by atoms with Crippen LogP contribution in [0.4, 0.5) is 0 Å². The number of hydrogen-bond donors (Lipinski definition) is 2. The van der Waals surface area contributed by atoms with E-state index in [1.54, 1.807) is 6.92 Å². The van der Waals surface area contributed by atoms with Crippen molar-refractivity contribution in [1.82, 2.24) is 0 Å². The van der Waals surface area contributed by atoms with Gasteiger partial charge < -0.3 is 15.6 Å². The number of fused-ring (bicyclic) bond motifs is 7. The molecule has 39 heavy (non-hydrogen) atoms. The normalized spacial score (nSPS) is 45.8. The van der Waals surface area contributed by atoms with Crippen LogP contribution in [-0.2, 0) is 14.3 Å². The van der Waals surface area contributed by atoms with Crippen LogP contribution in [0, 0.1) is 50.7 Å². The van der Waals surface area contributed by atoms with Crippen LogP contribution in [0.3, 0.4) is 0 Å². The Morgan fingerprint density at radius 2 is 1.67 bits per heavy atom. The molecule has 5 heteroatoms. The lowest BCUT2D eigenvalue weighted by Crippen LogP contribution is -2.66. The first-order chi connectivity index (χ1) is 18.1. The Morgan fingerprint density at radius 1 is 0.974 bits per heavy atom. The van der Waals surface area contributed by atoms with Crippen LogP contribution in [0.1, 0.15) is 120 Å². The molecule has 5 nitrogen and oxygen atoms in total. The predicted octanol–water partition coefficient (Wildman–Crippen LogP) is 6.61. The molecule has 0 aromatic carbocycles. The van der Waals surface area contributed by atoms with Gasteiger partial charge in [-0.15, -0.1) is 0 Å². The summed E-state index contributed by atoms with van der Waals surface area (Å²) in [4.78, 5) is 25.6. The number of aliphatic hydroxyl groups excluding tert-OH is 1. The number of ether oxygens (including phenoxy) is 1. The van der Waals surface area contributed by atoms with Gasteiger partial charge in [0, 0.05) is 24.2 Å². The fourth-order valence-corrected chi connectivity index (χ4v) is 11.9. The molecule has 4 saturated carbocycles. The maximum absolute atomic E-state index is 13.6. The van der Waals surface area contributed by atoms with Gasteiger partial charge in [-0.25, -0.2) is 0 Å². The highest BCUT2D eigenvalue weighted by Crippen LogP contribution is 2.77. The summed E-state index contributed by atoms with van der Waals surface area (Å²) < 4.78 is 5.90. The molecule has 0 saturated heterocycles. The van der Waals surface area contributed by atoms with Crippen LogP contribution in [0.5, 0.6) is 0 Å². The molecule has 0 aliphatic heterocycles. The Hall–Kier alpha value is -1.20. The standard InChI is InChI=1S/C34H55NO4/c1-20(2)28-23(37)19-34(26(38)13-18-35)17-16-32(7)22(29(28)34)9-10-25-31(6)14-12-27(39-21(3)36)30(4,5)24(31)11-15-33(25,32)8/h20,22,24-27,38H,9-19,35H2,1-8H3/t22-,24+,25-,26?,27+,31+,32-,33-,34+/m1/s1. The second-order valence-corrected chi connectivity index (χ2v) is 15.9. The van der Waals surface area contributed by atoms with Gasteiger partial charge in [-0.3, -0.25) is 9.59 Å². The summed E-state index contributed by atoms with van der Waals surface area (Å²) in [5.74, 6) is 1.76. The number of carbonyl (C=O) groups is 2. The molecular weight excluding hydrogens is 486 g/mol. The van der Waals surface area contributed by atoms with E-state index < -0.39 is 11.5 Å². The molecule has 5 rings (SSSR count). The van der Waals surface area contributed by atoms with E-state index in [0.29, 0.717) is 37.1 Å². The summed E-state index contributed by atoms with van der Waals surface area (Å²) in [5.41, 5.74) is 8.32. The third-order valence-electron chi connectivity index (χ3n) is 13.8. The Morgan fingerprint density at radius 3 is 2.28 bits per heavy atom. The highest BCUT2D eigenvalue weighted by molar-refractivity contribution is 6.00. The summed E-state index contributed by atoms with van der Waals surface area (Å²) in [5, 5.41) is 11.6. The van der Waals surface area contributed by atoms with Crippen molar-refractivity contribution in [3.8, 4) is 0 Å². The number of carbonyl (C=O) groups excluding carboxylic acids is 2. The number of allylic oxidation sites excluding steroid dienone is 1. The van der Waals surface area contributed by atoms with Gasteiger partial charge in [-0.1, -0.05) is 54.0 Å². The average Bonchev–Trinajstić information content (AvgIpc) is 3.15. The van der Waals surface area contributed by atoms with E-state index in [-0.39, 0.29) is 45.4 Å². The van der Waals surface area contributed by atoms with E-state index >= 15 is 0 Å². The van der Waals surface area contributed by atoms with Gasteiger partial charge >= 0.3 is 5.97 Å². The number of esters is 1. The zero-order valence-electron chi connectivity index (χ0n) is 26.0. The second-order valence-electron chi connectivity index (χ2n) is 15.9. The third-order valence-corrected chi connectivity index (χ3v) is 13.8. The van der Waals surface area contributed by atoms with Gasteiger partial charge in [-0.05, 0) is 110 Å². The van der Waals surface area contributed by atoms with E-state index in [0.717, 1.165) is 44.1 Å². The Bertz CT molecular complexity index is 1060. The zero-order chi connectivity index (χ0) is 28.8. The number of ketones is 1. The van der Waals surface area contributed by atoms with Crippen molar-refractivity contribution in [2.24, 2.45) is 56.5 Å². The lowest BCUT2D eigenvalue weighted by Gasteiger charge is -2.72. The molecule has 220 valence electrons. The van der Waals surface area contributed by atoms with Gasteiger partial charge in [0.2, 0.25) is 0 Å². The van der Waals surface area contributed by atoms with Crippen molar-refractivity contribution in [2.45, 2.75) is 132 Å². The highest BCUT2D eigenvalue weighted by Gasteiger charge is 2.70. The molecule has 0 radical (unpaired) electrons. The molecule has 5 aliphatic rings. The zero-order valence-corrected chi connectivity index (χ0v) is 26.0. The number of rotatable bonds is 5. The smallest absolute Gasteiger partial charge is 0.302 e. The van der Waals surface area contributed by atoms with Gasteiger partial charge in [0.1, 0.15) is 6.10 Å². The van der Waals surface area contributed by atoms with Crippen molar-refractivity contribution in [3.05, 3.63) is 11.1 Å². The van der Waals surface area contributed by atoms with Crippen molar-refractivity contribution in [2.75, 3.05) is 6.54 Å². The van der Waals surface area contributed by atoms with Crippen LogP contribution in [0.25, 0.3) is 0 Å². The van der Waals surface area contributed by atoms with Crippen LogP contribution < -0.4 is 5.73 Å². The maximum Gasteiger partial charge on any atom is 0.302 e. The van der Waals surface area contributed by atoms with Crippen LogP contribution in [0.15, 0.2) is 11.1 Å². The summed E-state index contributed by atoms with van der Waals surface area (Å²) in [7, 11) is 0. The minimum absolute atomic E-state index is 0.00746. The predicted molar refractivity (Wildman–Crippen MR) is 155 cm³/mol. The summed E-state index contributed by atoms with van der Waals surface area (Å²) in [6, 6.07) is 0. The van der Waals surface area contributed by atoms with E-state index in [2.05, 4.69) is 48.5 Å².